The number of hydrogen-bond acceptors (Lipinski definition) is 0. The topological polar surface area (TPSA) is 19.7 Å². The maximum atomic E-state index is 2.44. The summed E-state index contributed by atoms with van der Waals surface area (Å²) in [7, 11) is 0. The molecule has 0 fully saturated rings. The fourth-order valence-electron chi connectivity index (χ4n) is 17.3. The molecule has 0 atom stereocenters. The van der Waals surface area contributed by atoms with Gasteiger partial charge in [0.15, 0.2) is 0 Å². The second-order valence-corrected chi connectivity index (χ2v) is 29.1. The summed E-state index contributed by atoms with van der Waals surface area (Å²) >= 11 is 0. The van der Waals surface area contributed by atoms with Gasteiger partial charge in [0, 0.05) is 65.7 Å². The highest BCUT2D eigenvalue weighted by Gasteiger charge is 2.21. The molecule has 0 aliphatic carbocycles. The van der Waals surface area contributed by atoms with Crippen LogP contribution in [0.4, 0.5) is 0 Å². The van der Waals surface area contributed by atoms with Gasteiger partial charge in [-0.1, -0.05) is 322 Å². The second kappa shape index (κ2) is 27.7. The van der Waals surface area contributed by atoms with Crippen LogP contribution in [-0.4, -0.2) is 18.3 Å². The van der Waals surface area contributed by atoms with Gasteiger partial charge in [0.05, 0.1) is 49.8 Å². The number of para-hydroxylation sites is 7. The van der Waals surface area contributed by atoms with Crippen LogP contribution >= 0.6 is 0 Å². The summed E-state index contributed by atoms with van der Waals surface area (Å²) in [4.78, 5) is 0. The summed E-state index contributed by atoms with van der Waals surface area (Å²) in [5.41, 5.74) is 33.7. The monoisotopic (exact) mass is 1420 g/mol. The Morgan fingerprint density at radius 2 is 0.339 bits per heavy atom. The molecule has 0 unspecified atom stereocenters. The first kappa shape index (κ1) is 65.5. The van der Waals surface area contributed by atoms with Gasteiger partial charge in [0.1, 0.15) is 0 Å². The van der Waals surface area contributed by atoms with E-state index in [0.29, 0.717) is 0 Å². The Morgan fingerprint density at radius 3 is 0.705 bits per heavy atom. The molecule has 112 heavy (non-hydrogen) atoms. The van der Waals surface area contributed by atoms with Gasteiger partial charge in [-0.05, 0) is 199 Å². The molecule has 4 nitrogen and oxygen atoms in total. The van der Waals surface area contributed by atoms with Crippen molar-refractivity contribution in [1.29, 1.82) is 0 Å². The van der Waals surface area contributed by atoms with Crippen molar-refractivity contribution in [2.75, 3.05) is 0 Å². The third kappa shape index (κ3) is 11.6. The molecule has 0 saturated carbocycles. The average molecular weight is 1430 g/mol. The largest absolute Gasteiger partial charge is 0.309 e. The summed E-state index contributed by atoms with van der Waals surface area (Å²) < 4.78 is 9.60. The summed E-state index contributed by atoms with van der Waals surface area (Å²) in [5.74, 6) is 0. The van der Waals surface area contributed by atoms with Crippen molar-refractivity contribution < 1.29 is 0 Å². The van der Waals surface area contributed by atoms with Gasteiger partial charge >= 0.3 is 0 Å². The minimum absolute atomic E-state index is 1.15. The lowest BCUT2D eigenvalue weighted by Crippen LogP contribution is -1.97. The van der Waals surface area contributed by atoms with E-state index < -0.39 is 0 Å². The van der Waals surface area contributed by atoms with E-state index in [2.05, 4.69) is 455 Å². The Hall–Kier alpha value is -14.8. The van der Waals surface area contributed by atoms with E-state index >= 15 is 0 Å². The van der Waals surface area contributed by atoms with E-state index in [9.17, 15) is 0 Å². The molecule has 0 amide bonds. The maximum Gasteiger partial charge on any atom is 0.0541 e. The van der Waals surface area contributed by atoms with Crippen LogP contribution in [0, 0.1) is 0 Å². The van der Waals surface area contributed by atoms with Crippen LogP contribution < -0.4 is 0 Å². The Kier molecular flexibility index (Phi) is 16.2. The lowest BCUT2D eigenvalue weighted by atomic mass is 9.97. The first-order chi connectivity index (χ1) is 55.5. The van der Waals surface area contributed by atoms with E-state index in [1.165, 1.54) is 193 Å². The molecule has 0 N–H and O–H groups in total. The Balaban J connectivity index is 0.000000141. The number of hydrogen-bond donors (Lipinski definition) is 0. The zero-order valence-electron chi connectivity index (χ0n) is 61.4. The van der Waals surface area contributed by atoms with Crippen molar-refractivity contribution in [1.82, 2.24) is 18.3 Å². The molecule has 0 aliphatic heterocycles. The van der Waals surface area contributed by atoms with Crippen molar-refractivity contribution in [3.8, 4) is 112 Å². The van der Waals surface area contributed by atoms with Crippen LogP contribution in [0.5, 0.6) is 0 Å². The molecular formula is C108H72N4. The fraction of sp³-hybridized carbons (Fsp3) is 0. The smallest absolute Gasteiger partial charge is 0.0541 e. The zero-order chi connectivity index (χ0) is 74.0. The van der Waals surface area contributed by atoms with Gasteiger partial charge in [-0.15, -0.1) is 0 Å². The molecule has 18 aromatic carbocycles. The minimum Gasteiger partial charge on any atom is -0.309 e. The van der Waals surface area contributed by atoms with E-state index in [4.69, 9.17) is 0 Å². The fourth-order valence-corrected chi connectivity index (χ4v) is 17.3. The molecule has 4 aromatic heterocycles. The van der Waals surface area contributed by atoms with Crippen molar-refractivity contribution in [2.24, 2.45) is 0 Å². The Morgan fingerprint density at radius 1 is 0.116 bits per heavy atom. The predicted molar refractivity (Wildman–Crippen MR) is 474 cm³/mol. The summed E-state index contributed by atoms with van der Waals surface area (Å²) in [5, 5.41) is 10.0. The molecule has 0 bridgehead atoms. The third-order valence-electron chi connectivity index (χ3n) is 22.7. The third-order valence-corrected chi connectivity index (χ3v) is 22.7. The highest BCUT2D eigenvalue weighted by molar-refractivity contribution is 6.15. The summed E-state index contributed by atoms with van der Waals surface area (Å²) in [6, 6.07) is 159. The van der Waals surface area contributed by atoms with Crippen LogP contribution in [-0.2, 0) is 0 Å². The molecule has 4 heterocycles. The molecule has 0 spiro atoms. The average Bonchev–Trinajstić information content (AvgIpc) is 1.55. The first-order valence-electron chi connectivity index (χ1n) is 38.5. The molecule has 22 aromatic rings. The number of nitrogens with zero attached hydrogens (tertiary/aromatic N) is 4. The summed E-state index contributed by atoms with van der Waals surface area (Å²) in [6.07, 6.45) is 0. The van der Waals surface area contributed by atoms with E-state index in [-0.39, 0.29) is 0 Å². The normalized spacial score (nSPS) is 11.6. The van der Waals surface area contributed by atoms with Crippen LogP contribution in [0.3, 0.4) is 0 Å². The minimum atomic E-state index is 1.15. The van der Waals surface area contributed by atoms with Crippen LogP contribution in [0.2, 0.25) is 0 Å². The van der Waals surface area contributed by atoms with Crippen LogP contribution in [0.1, 0.15) is 0 Å². The number of benzene rings is 18. The Bertz CT molecular complexity index is 7290. The van der Waals surface area contributed by atoms with Gasteiger partial charge in [-0.3, -0.25) is 0 Å². The molecule has 524 valence electrons. The lowest BCUT2D eigenvalue weighted by molar-refractivity contribution is 1.18. The van der Waals surface area contributed by atoms with Crippen LogP contribution in [0.25, 0.3) is 199 Å². The van der Waals surface area contributed by atoms with Crippen molar-refractivity contribution in [3.63, 3.8) is 0 Å². The van der Waals surface area contributed by atoms with Crippen molar-refractivity contribution in [2.45, 2.75) is 0 Å². The molecule has 22 rings (SSSR count). The van der Waals surface area contributed by atoms with Gasteiger partial charge in [0.2, 0.25) is 0 Å². The molecule has 0 aliphatic rings. The van der Waals surface area contributed by atoms with Gasteiger partial charge in [-0.25, -0.2) is 0 Å². The second-order valence-electron chi connectivity index (χ2n) is 29.1. The standard InChI is InChI=1S/2C54H36N2/c1-3-13-37(14-4-1)38-23-25-39(26-24-38)40-27-29-41(30-28-40)45-17-7-10-20-50(45)56-52-22-12-9-19-47(52)49-36-43(32-34-54(49)56)42-31-33-53-48(35-42)46-18-8-11-21-51(46)55(53)44-15-5-2-6-16-44;1-3-12-37(13-4-1)38-22-24-39(25-23-38)40-26-28-41(29-27-40)42-14-11-17-46(34-42)56-52-21-10-8-19-48(52)50-36-44(31-33-54(50)56)43-30-32-53-49(35-43)47-18-7-9-20-51(47)55(53)45-15-5-2-6-16-45/h2*1-36H. The van der Waals surface area contributed by atoms with E-state index in [0.717, 1.165) is 5.69 Å². The number of aromatic nitrogens is 4. The lowest BCUT2D eigenvalue weighted by Gasteiger charge is -2.15. The molecule has 0 saturated heterocycles. The molecule has 0 radical (unpaired) electrons. The van der Waals surface area contributed by atoms with Crippen molar-refractivity contribution >= 4 is 87.2 Å². The number of fused-ring (bicyclic) bond motifs is 12. The Labute approximate surface area is 649 Å². The molecule has 4 heteroatoms. The highest BCUT2D eigenvalue weighted by atomic mass is 15.0. The SMILES string of the molecule is c1ccc(-c2ccc(-c3ccc(-c4cccc(-n5c6ccccc6c6cc(-c7ccc8c(c7)c7ccccc7n8-c7ccccc7)ccc65)c4)cc3)cc2)cc1.c1ccc(-c2ccc(-c3ccc(-c4ccccc4-n4c5ccccc5c5cc(-c6ccc7c(c6)c6ccccc6n7-c6ccccc6)ccc54)cc3)cc2)cc1. The summed E-state index contributed by atoms with van der Waals surface area (Å²) in [6.45, 7) is 0. The van der Waals surface area contributed by atoms with E-state index in [1.807, 2.05) is 0 Å². The van der Waals surface area contributed by atoms with Gasteiger partial charge < -0.3 is 18.3 Å². The zero-order valence-corrected chi connectivity index (χ0v) is 61.4. The van der Waals surface area contributed by atoms with E-state index in [1.54, 1.807) is 0 Å². The highest BCUT2D eigenvalue weighted by Crippen LogP contribution is 2.44. The van der Waals surface area contributed by atoms with Gasteiger partial charge in [0.25, 0.3) is 0 Å². The van der Waals surface area contributed by atoms with Crippen molar-refractivity contribution in [3.05, 3.63) is 437 Å². The number of rotatable bonds is 12. The van der Waals surface area contributed by atoms with Gasteiger partial charge in [-0.2, -0.15) is 0 Å². The molecular weight excluding hydrogens is 1350 g/mol. The maximum absolute atomic E-state index is 2.44. The quantitative estimate of drug-likeness (QED) is 0.116. The predicted octanol–water partition coefficient (Wildman–Crippen LogP) is 29.1. The van der Waals surface area contributed by atoms with Crippen LogP contribution in [0.15, 0.2) is 437 Å². The first-order valence-corrected chi connectivity index (χ1v) is 38.5.